The van der Waals surface area contributed by atoms with Gasteiger partial charge in [-0.05, 0) is 37.1 Å². The van der Waals surface area contributed by atoms with Gasteiger partial charge < -0.3 is 15.5 Å². The van der Waals surface area contributed by atoms with Crippen LogP contribution in [0.25, 0.3) is 0 Å². The summed E-state index contributed by atoms with van der Waals surface area (Å²) < 4.78 is 0. The summed E-state index contributed by atoms with van der Waals surface area (Å²) in [5, 5.41) is 5.55. The van der Waals surface area contributed by atoms with E-state index >= 15 is 0 Å². The Bertz CT molecular complexity index is 719. The van der Waals surface area contributed by atoms with Crippen LogP contribution >= 0.6 is 0 Å². The number of aromatic nitrogens is 2. The molecule has 0 aliphatic rings. The lowest BCUT2D eigenvalue weighted by Crippen LogP contribution is -2.24. The molecule has 2 aromatic rings. The number of hydrogen-bond acceptors (Lipinski definition) is 5. The van der Waals surface area contributed by atoms with Crippen molar-refractivity contribution in [3.05, 3.63) is 48.4 Å². The van der Waals surface area contributed by atoms with E-state index in [9.17, 15) is 9.59 Å². The lowest BCUT2D eigenvalue weighted by atomic mass is 10.1. The Balaban J connectivity index is 1.72. The van der Waals surface area contributed by atoms with Crippen molar-refractivity contribution in [2.24, 2.45) is 0 Å². The maximum atomic E-state index is 12.2. The Morgan fingerprint density at radius 2 is 1.78 bits per heavy atom. The number of carbonyl (C=O) groups excluding carboxylic acids is 2. The Labute approximate surface area is 160 Å². The van der Waals surface area contributed by atoms with Crippen LogP contribution in [0.5, 0.6) is 0 Å². The highest BCUT2D eigenvalue weighted by atomic mass is 16.2. The molecule has 27 heavy (non-hydrogen) atoms. The highest BCUT2D eigenvalue weighted by Gasteiger charge is 2.08. The summed E-state index contributed by atoms with van der Waals surface area (Å²) in [4.78, 5) is 33.6. The number of nitrogens with one attached hydrogen (secondary N) is 2. The SMILES string of the molecule is CNC(=O)CCCCCCNC(=O)c1ccc(N(C)c2cnccn2)cc1. The van der Waals surface area contributed by atoms with Gasteiger partial charge in [0.2, 0.25) is 5.91 Å². The summed E-state index contributed by atoms with van der Waals surface area (Å²) in [5.41, 5.74) is 1.56. The van der Waals surface area contributed by atoms with Gasteiger partial charge >= 0.3 is 0 Å². The Morgan fingerprint density at radius 1 is 1.04 bits per heavy atom. The van der Waals surface area contributed by atoms with Gasteiger partial charge in [-0.1, -0.05) is 12.8 Å². The minimum Gasteiger partial charge on any atom is -0.359 e. The monoisotopic (exact) mass is 369 g/mol. The van der Waals surface area contributed by atoms with Gasteiger partial charge in [-0.25, -0.2) is 4.98 Å². The second-order valence-electron chi connectivity index (χ2n) is 6.26. The molecule has 0 unspecified atom stereocenters. The summed E-state index contributed by atoms with van der Waals surface area (Å²) in [6.07, 6.45) is 9.32. The van der Waals surface area contributed by atoms with Crippen LogP contribution in [-0.4, -0.2) is 42.4 Å². The van der Waals surface area contributed by atoms with Gasteiger partial charge in [-0.3, -0.25) is 14.6 Å². The molecule has 0 saturated heterocycles. The number of unbranched alkanes of at least 4 members (excludes halogenated alkanes) is 3. The van der Waals surface area contributed by atoms with Crippen LogP contribution in [0, 0.1) is 0 Å². The van der Waals surface area contributed by atoms with E-state index in [-0.39, 0.29) is 11.8 Å². The fourth-order valence-electron chi connectivity index (χ4n) is 2.63. The van der Waals surface area contributed by atoms with Crippen LogP contribution < -0.4 is 15.5 Å². The quantitative estimate of drug-likeness (QED) is 0.629. The zero-order valence-corrected chi connectivity index (χ0v) is 15.9. The molecule has 2 rings (SSSR count). The first-order chi connectivity index (χ1) is 13.1. The summed E-state index contributed by atoms with van der Waals surface area (Å²) in [6, 6.07) is 7.40. The van der Waals surface area contributed by atoms with Crippen LogP contribution in [0.1, 0.15) is 42.5 Å². The number of benzene rings is 1. The first-order valence-electron chi connectivity index (χ1n) is 9.20. The third kappa shape index (κ3) is 6.69. The maximum absolute atomic E-state index is 12.2. The first kappa shape index (κ1) is 20.4. The van der Waals surface area contributed by atoms with Crippen LogP contribution in [0.3, 0.4) is 0 Å². The minimum absolute atomic E-state index is 0.0749. The van der Waals surface area contributed by atoms with E-state index in [2.05, 4.69) is 20.6 Å². The molecule has 144 valence electrons. The molecule has 7 nitrogen and oxygen atoms in total. The normalized spacial score (nSPS) is 10.3. The number of carbonyl (C=O) groups is 2. The number of amides is 2. The molecule has 1 aromatic heterocycles. The molecule has 2 N–H and O–H groups in total. The molecule has 0 saturated carbocycles. The third-order valence-electron chi connectivity index (χ3n) is 4.30. The van der Waals surface area contributed by atoms with Crippen LogP contribution in [-0.2, 0) is 4.79 Å². The van der Waals surface area contributed by atoms with Crippen molar-refractivity contribution in [2.45, 2.75) is 32.1 Å². The second kappa shape index (κ2) is 10.9. The zero-order chi connectivity index (χ0) is 19.5. The van der Waals surface area contributed by atoms with Crippen molar-refractivity contribution in [1.82, 2.24) is 20.6 Å². The van der Waals surface area contributed by atoms with Gasteiger partial charge in [0.25, 0.3) is 5.91 Å². The molecule has 0 bridgehead atoms. The lowest BCUT2D eigenvalue weighted by Gasteiger charge is -2.17. The van der Waals surface area contributed by atoms with Crippen molar-refractivity contribution in [3.8, 4) is 0 Å². The second-order valence-corrected chi connectivity index (χ2v) is 6.26. The summed E-state index contributed by atoms with van der Waals surface area (Å²) in [6.45, 7) is 0.639. The molecule has 0 radical (unpaired) electrons. The molecular weight excluding hydrogens is 342 g/mol. The van der Waals surface area contributed by atoms with Gasteiger partial charge in [0, 0.05) is 50.7 Å². The number of hydrogen-bond donors (Lipinski definition) is 2. The van der Waals surface area contributed by atoms with E-state index in [1.54, 1.807) is 37.8 Å². The van der Waals surface area contributed by atoms with Gasteiger partial charge in [0.1, 0.15) is 0 Å². The highest BCUT2D eigenvalue weighted by molar-refractivity contribution is 5.94. The lowest BCUT2D eigenvalue weighted by molar-refractivity contribution is -0.120. The molecule has 1 aromatic carbocycles. The Hall–Kier alpha value is -2.96. The van der Waals surface area contributed by atoms with Crippen molar-refractivity contribution in [1.29, 1.82) is 0 Å². The van der Waals surface area contributed by atoms with Gasteiger partial charge in [0.15, 0.2) is 5.82 Å². The molecule has 2 amide bonds. The third-order valence-corrected chi connectivity index (χ3v) is 4.30. The van der Waals surface area contributed by atoms with Crippen molar-refractivity contribution >= 4 is 23.3 Å². The molecular formula is C20H27N5O2. The predicted molar refractivity (Wildman–Crippen MR) is 106 cm³/mol. The van der Waals surface area contributed by atoms with Crippen molar-refractivity contribution in [3.63, 3.8) is 0 Å². The largest absolute Gasteiger partial charge is 0.359 e. The smallest absolute Gasteiger partial charge is 0.251 e. The average molecular weight is 369 g/mol. The van der Waals surface area contributed by atoms with E-state index in [1.165, 1.54) is 0 Å². The molecule has 7 heteroatoms. The fourth-order valence-corrected chi connectivity index (χ4v) is 2.63. The van der Waals surface area contributed by atoms with Gasteiger partial charge in [-0.15, -0.1) is 0 Å². The van der Waals surface area contributed by atoms with E-state index in [1.807, 2.05) is 24.1 Å². The van der Waals surface area contributed by atoms with Crippen LogP contribution in [0.4, 0.5) is 11.5 Å². The Morgan fingerprint density at radius 3 is 2.44 bits per heavy atom. The van der Waals surface area contributed by atoms with Crippen molar-refractivity contribution < 1.29 is 9.59 Å². The molecule has 0 fully saturated rings. The fraction of sp³-hybridized carbons (Fsp3) is 0.400. The summed E-state index contributed by atoms with van der Waals surface area (Å²) >= 11 is 0. The van der Waals surface area contributed by atoms with E-state index in [0.29, 0.717) is 18.5 Å². The standard InChI is InChI=1S/C20H27N5O2/c1-21-19(26)7-5-3-4-6-12-24-20(27)16-8-10-17(11-9-16)25(2)18-15-22-13-14-23-18/h8-11,13-15H,3-7,12H2,1-2H3,(H,21,26)(H,24,27). The van der Waals surface area contributed by atoms with Crippen molar-refractivity contribution in [2.75, 3.05) is 25.5 Å². The molecule has 0 aliphatic heterocycles. The molecule has 1 heterocycles. The topological polar surface area (TPSA) is 87.2 Å². The average Bonchev–Trinajstić information content (AvgIpc) is 2.72. The van der Waals surface area contributed by atoms with Crippen LogP contribution in [0.2, 0.25) is 0 Å². The molecule has 0 spiro atoms. The van der Waals surface area contributed by atoms with E-state index in [4.69, 9.17) is 0 Å². The maximum Gasteiger partial charge on any atom is 0.251 e. The summed E-state index contributed by atoms with van der Waals surface area (Å²) in [5.74, 6) is 0.747. The predicted octanol–water partition coefficient (Wildman–Crippen LogP) is 2.67. The zero-order valence-electron chi connectivity index (χ0n) is 15.9. The van der Waals surface area contributed by atoms with Gasteiger partial charge in [-0.2, -0.15) is 0 Å². The van der Waals surface area contributed by atoms with Gasteiger partial charge in [0.05, 0.1) is 6.20 Å². The number of nitrogens with zero attached hydrogens (tertiary/aromatic N) is 3. The first-order valence-corrected chi connectivity index (χ1v) is 9.20. The number of anilines is 2. The van der Waals surface area contributed by atoms with E-state index < -0.39 is 0 Å². The molecule has 0 atom stereocenters. The Kier molecular flexibility index (Phi) is 8.22. The number of rotatable bonds is 10. The highest BCUT2D eigenvalue weighted by Crippen LogP contribution is 2.20. The van der Waals surface area contributed by atoms with Crippen LogP contribution in [0.15, 0.2) is 42.9 Å². The summed E-state index contributed by atoms with van der Waals surface area (Å²) in [7, 11) is 3.56. The minimum atomic E-state index is -0.0749. The van der Waals surface area contributed by atoms with E-state index in [0.717, 1.165) is 37.2 Å². The molecule has 0 aliphatic carbocycles.